The van der Waals surface area contributed by atoms with Crippen LogP contribution in [0.25, 0.3) is 11.1 Å². The van der Waals surface area contributed by atoms with E-state index in [1.807, 2.05) is 42.5 Å². The van der Waals surface area contributed by atoms with Gasteiger partial charge in [0.05, 0.1) is 5.56 Å². The topological polar surface area (TPSA) is 29.5 Å². The lowest BCUT2D eigenvalue weighted by molar-refractivity contribution is 0.0452. The predicted molar refractivity (Wildman–Crippen MR) is 92.5 cm³/mol. The van der Waals surface area contributed by atoms with E-state index >= 15 is 0 Å². The number of hydrogen-bond acceptors (Lipinski definition) is 3. The van der Waals surface area contributed by atoms with Crippen LogP contribution in [0.1, 0.15) is 29.6 Å². The van der Waals surface area contributed by atoms with Crippen molar-refractivity contribution in [3.63, 3.8) is 0 Å². The number of hydrogen-bond donors (Lipinski definition) is 0. The lowest BCUT2D eigenvalue weighted by Gasteiger charge is -2.25. The Labute approximate surface area is 137 Å². The molecule has 1 saturated heterocycles. The molecule has 120 valence electrons. The van der Waals surface area contributed by atoms with Crippen molar-refractivity contribution in [3.05, 3.63) is 60.2 Å². The van der Waals surface area contributed by atoms with E-state index in [4.69, 9.17) is 4.74 Å². The van der Waals surface area contributed by atoms with Gasteiger partial charge >= 0.3 is 5.97 Å². The number of carbonyl (C=O) groups excluding carboxylic acids is 1. The Kier molecular flexibility index (Phi) is 5.43. The van der Waals surface area contributed by atoms with E-state index in [9.17, 15) is 4.79 Å². The van der Waals surface area contributed by atoms with Crippen molar-refractivity contribution in [3.8, 4) is 11.1 Å². The van der Waals surface area contributed by atoms with Crippen LogP contribution in [0.4, 0.5) is 0 Å². The van der Waals surface area contributed by atoms with E-state index in [1.165, 1.54) is 19.3 Å². The third-order valence-electron chi connectivity index (χ3n) is 4.32. The minimum Gasteiger partial charge on any atom is -0.461 e. The van der Waals surface area contributed by atoms with E-state index in [0.29, 0.717) is 12.2 Å². The number of piperidine rings is 1. The molecule has 0 radical (unpaired) electrons. The SMILES string of the molecule is O=C(OCCN1CCCCC1)c1ccc(-c2ccccc2)cc1. The molecule has 0 aromatic heterocycles. The zero-order valence-electron chi connectivity index (χ0n) is 13.4. The first-order valence-electron chi connectivity index (χ1n) is 8.38. The molecule has 3 rings (SSSR count). The highest BCUT2D eigenvalue weighted by molar-refractivity contribution is 5.90. The molecule has 0 saturated carbocycles. The van der Waals surface area contributed by atoms with Gasteiger partial charge in [0.25, 0.3) is 0 Å². The Hall–Kier alpha value is -2.13. The maximum absolute atomic E-state index is 12.1. The second kappa shape index (κ2) is 7.93. The number of esters is 1. The van der Waals surface area contributed by atoms with Crippen LogP contribution < -0.4 is 0 Å². The summed E-state index contributed by atoms with van der Waals surface area (Å²) in [6.45, 7) is 3.57. The lowest BCUT2D eigenvalue weighted by atomic mass is 10.0. The average molecular weight is 309 g/mol. The average Bonchev–Trinajstić information content (AvgIpc) is 2.63. The first kappa shape index (κ1) is 15.8. The second-order valence-electron chi connectivity index (χ2n) is 5.98. The molecule has 0 amide bonds. The van der Waals surface area contributed by atoms with Gasteiger partial charge in [0.1, 0.15) is 6.61 Å². The van der Waals surface area contributed by atoms with Crippen LogP contribution in [0.2, 0.25) is 0 Å². The van der Waals surface area contributed by atoms with Gasteiger partial charge < -0.3 is 4.74 Å². The molecule has 0 bridgehead atoms. The molecule has 2 aromatic carbocycles. The van der Waals surface area contributed by atoms with Gasteiger partial charge in [-0.05, 0) is 49.2 Å². The summed E-state index contributed by atoms with van der Waals surface area (Å²) in [5.41, 5.74) is 2.87. The summed E-state index contributed by atoms with van der Waals surface area (Å²) < 4.78 is 5.40. The summed E-state index contributed by atoms with van der Waals surface area (Å²) in [6.07, 6.45) is 3.84. The van der Waals surface area contributed by atoms with Gasteiger partial charge in [-0.1, -0.05) is 48.9 Å². The minimum atomic E-state index is -0.235. The number of carbonyl (C=O) groups is 1. The van der Waals surface area contributed by atoms with Crippen molar-refractivity contribution < 1.29 is 9.53 Å². The van der Waals surface area contributed by atoms with Crippen LogP contribution in [0.15, 0.2) is 54.6 Å². The molecule has 0 N–H and O–H groups in total. The monoisotopic (exact) mass is 309 g/mol. The third kappa shape index (κ3) is 4.42. The molecule has 0 aliphatic carbocycles. The number of benzene rings is 2. The quantitative estimate of drug-likeness (QED) is 0.782. The summed E-state index contributed by atoms with van der Waals surface area (Å²) in [6, 6.07) is 17.8. The highest BCUT2D eigenvalue weighted by atomic mass is 16.5. The molecule has 0 spiro atoms. The van der Waals surface area contributed by atoms with Gasteiger partial charge in [-0.15, -0.1) is 0 Å². The second-order valence-corrected chi connectivity index (χ2v) is 5.98. The standard InChI is InChI=1S/C20H23NO2/c22-20(23-16-15-21-13-5-2-6-14-21)19-11-9-18(10-12-19)17-7-3-1-4-8-17/h1,3-4,7-12H,2,5-6,13-16H2. The molecule has 0 atom stereocenters. The third-order valence-corrected chi connectivity index (χ3v) is 4.32. The Morgan fingerprint density at radius 2 is 1.52 bits per heavy atom. The Morgan fingerprint density at radius 3 is 2.22 bits per heavy atom. The Balaban J connectivity index is 1.51. The number of rotatable bonds is 5. The predicted octanol–water partition coefficient (Wildman–Crippen LogP) is 4.00. The fourth-order valence-electron chi connectivity index (χ4n) is 2.96. The van der Waals surface area contributed by atoms with E-state index in [-0.39, 0.29) is 5.97 Å². The molecule has 1 fully saturated rings. The molecule has 2 aromatic rings. The van der Waals surface area contributed by atoms with Crippen molar-refractivity contribution in [2.45, 2.75) is 19.3 Å². The number of likely N-dealkylation sites (tertiary alicyclic amines) is 1. The molecule has 1 aliphatic rings. The zero-order valence-corrected chi connectivity index (χ0v) is 13.4. The van der Waals surface area contributed by atoms with Crippen LogP contribution in [-0.4, -0.2) is 37.1 Å². The lowest BCUT2D eigenvalue weighted by Crippen LogP contribution is -2.33. The molecule has 3 heteroatoms. The van der Waals surface area contributed by atoms with E-state index in [0.717, 1.165) is 30.8 Å². The molecular weight excluding hydrogens is 286 g/mol. The molecular formula is C20H23NO2. The van der Waals surface area contributed by atoms with Crippen LogP contribution in [0.5, 0.6) is 0 Å². The summed E-state index contributed by atoms with van der Waals surface area (Å²) in [5, 5.41) is 0. The first-order chi connectivity index (χ1) is 11.3. The molecule has 1 aliphatic heterocycles. The minimum absolute atomic E-state index is 0.235. The van der Waals surface area contributed by atoms with Crippen LogP contribution >= 0.6 is 0 Å². The summed E-state index contributed by atoms with van der Waals surface area (Å²) in [7, 11) is 0. The molecule has 0 unspecified atom stereocenters. The van der Waals surface area contributed by atoms with Gasteiger partial charge in [0.15, 0.2) is 0 Å². The maximum atomic E-state index is 12.1. The van der Waals surface area contributed by atoms with Gasteiger partial charge in [-0.25, -0.2) is 4.79 Å². The fourth-order valence-corrected chi connectivity index (χ4v) is 2.96. The van der Waals surface area contributed by atoms with Gasteiger partial charge in [0, 0.05) is 6.54 Å². The number of ether oxygens (including phenoxy) is 1. The summed E-state index contributed by atoms with van der Waals surface area (Å²) >= 11 is 0. The van der Waals surface area contributed by atoms with Crippen LogP contribution in [-0.2, 0) is 4.74 Å². The van der Waals surface area contributed by atoms with E-state index < -0.39 is 0 Å². The first-order valence-corrected chi connectivity index (χ1v) is 8.38. The summed E-state index contributed by atoms with van der Waals surface area (Å²) in [5.74, 6) is -0.235. The van der Waals surface area contributed by atoms with Crippen LogP contribution in [0, 0.1) is 0 Å². The molecule has 23 heavy (non-hydrogen) atoms. The van der Waals surface area contributed by atoms with Gasteiger partial charge in [-0.3, -0.25) is 4.90 Å². The van der Waals surface area contributed by atoms with E-state index in [1.54, 1.807) is 0 Å². The molecule has 3 nitrogen and oxygen atoms in total. The van der Waals surface area contributed by atoms with Gasteiger partial charge in [-0.2, -0.15) is 0 Å². The van der Waals surface area contributed by atoms with Crippen molar-refractivity contribution in [1.82, 2.24) is 4.90 Å². The fraction of sp³-hybridized carbons (Fsp3) is 0.350. The highest BCUT2D eigenvalue weighted by Crippen LogP contribution is 2.19. The smallest absolute Gasteiger partial charge is 0.338 e. The summed E-state index contributed by atoms with van der Waals surface area (Å²) in [4.78, 5) is 14.5. The Morgan fingerprint density at radius 1 is 0.870 bits per heavy atom. The zero-order chi connectivity index (χ0) is 15.9. The van der Waals surface area contributed by atoms with Crippen molar-refractivity contribution in [2.75, 3.05) is 26.2 Å². The normalized spacial score (nSPS) is 15.3. The molecule has 1 heterocycles. The maximum Gasteiger partial charge on any atom is 0.338 e. The largest absolute Gasteiger partial charge is 0.461 e. The van der Waals surface area contributed by atoms with E-state index in [2.05, 4.69) is 17.0 Å². The van der Waals surface area contributed by atoms with Crippen molar-refractivity contribution in [2.24, 2.45) is 0 Å². The highest BCUT2D eigenvalue weighted by Gasteiger charge is 2.12. The Bertz CT molecular complexity index is 616. The van der Waals surface area contributed by atoms with Gasteiger partial charge in [0.2, 0.25) is 0 Å². The number of nitrogens with zero attached hydrogens (tertiary/aromatic N) is 1. The van der Waals surface area contributed by atoms with Crippen molar-refractivity contribution >= 4 is 5.97 Å². The van der Waals surface area contributed by atoms with Crippen molar-refractivity contribution in [1.29, 1.82) is 0 Å². The van der Waals surface area contributed by atoms with Crippen LogP contribution in [0.3, 0.4) is 0 Å².